The molecule has 1 atom stereocenters. The number of aromatic nitrogens is 2. The van der Waals surface area contributed by atoms with Gasteiger partial charge in [-0.25, -0.2) is 4.79 Å². The molecule has 0 unspecified atom stereocenters. The Bertz CT molecular complexity index is 1100. The fourth-order valence-electron chi connectivity index (χ4n) is 3.90. The summed E-state index contributed by atoms with van der Waals surface area (Å²) in [7, 11) is 0. The molecule has 148 valence electrons. The lowest BCUT2D eigenvalue weighted by atomic mass is 9.89. The summed E-state index contributed by atoms with van der Waals surface area (Å²) in [4.78, 5) is 43.0. The van der Waals surface area contributed by atoms with Crippen LogP contribution in [0.4, 0.5) is 0 Å². The number of hydrogen-bond acceptors (Lipinski definition) is 4. The van der Waals surface area contributed by atoms with Crippen LogP contribution in [0.1, 0.15) is 28.8 Å². The zero-order chi connectivity index (χ0) is 20.2. The van der Waals surface area contributed by atoms with Gasteiger partial charge in [0.15, 0.2) is 5.78 Å². The third kappa shape index (κ3) is 4.43. The van der Waals surface area contributed by atoms with Crippen LogP contribution in [0.5, 0.6) is 0 Å². The van der Waals surface area contributed by atoms with E-state index in [4.69, 9.17) is 0 Å². The molecule has 1 fully saturated rings. The number of hydrogen-bond donors (Lipinski definition) is 2. The van der Waals surface area contributed by atoms with Crippen molar-refractivity contribution in [2.24, 2.45) is 5.92 Å². The van der Waals surface area contributed by atoms with Crippen LogP contribution in [-0.2, 0) is 6.54 Å². The molecule has 2 aromatic carbocycles. The van der Waals surface area contributed by atoms with E-state index < -0.39 is 5.69 Å². The molecule has 1 aromatic heterocycles. The standard InChI is InChI=1S/C23H23N3O3/c27-21(18-10-8-17(9-11-18)16-5-2-1-3-6-16)19-7-4-12-26(14-19)15-20-13-24-23(29)25-22(20)28/h1-3,5-6,8-11,13,19H,4,7,12,14-15H2,(H2,24,25,28,29)/t19-/m0/s1. The van der Waals surface area contributed by atoms with Gasteiger partial charge in [0.1, 0.15) is 0 Å². The van der Waals surface area contributed by atoms with Crippen molar-refractivity contribution in [3.05, 3.63) is 92.8 Å². The van der Waals surface area contributed by atoms with E-state index in [0.717, 1.165) is 36.1 Å². The van der Waals surface area contributed by atoms with E-state index in [1.807, 2.05) is 54.6 Å². The van der Waals surface area contributed by atoms with Crippen molar-refractivity contribution < 1.29 is 4.79 Å². The van der Waals surface area contributed by atoms with Crippen LogP contribution >= 0.6 is 0 Å². The summed E-state index contributed by atoms with van der Waals surface area (Å²) >= 11 is 0. The van der Waals surface area contributed by atoms with E-state index in [1.54, 1.807) is 0 Å². The summed E-state index contributed by atoms with van der Waals surface area (Å²) < 4.78 is 0. The van der Waals surface area contributed by atoms with E-state index in [1.165, 1.54) is 6.20 Å². The molecule has 0 aliphatic carbocycles. The average molecular weight is 389 g/mol. The lowest BCUT2D eigenvalue weighted by Gasteiger charge is -2.31. The van der Waals surface area contributed by atoms with Crippen molar-refractivity contribution in [2.45, 2.75) is 19.4 Å². The van der Waals surface area contributed by atoms with Gasteiger partial charge in [0.05, 0.1) is 0 Å². The molecule has 1 saturated heterocycles. The Balaban J connectivity index is 1.44. The van der Waals surface area contributed by atoms with Crippen molar-refractivity contribution in [2.75, 3.05) is 13.1 Å². The fourth-order valence-corrected chi connectivity index (χ4v) is 3.90. The Hall–Kier alpha value is -3.25. The normalized spacial score (nSPS) is 17.2. The Morgan fingerprint density at radius 1 is 1.00 bits per heavy atom. The number of likely N-dealkylation sites (tertiary alicyclic amines) is 1. The van der Waals surface area contributed by atoms with E-state index >= 15 is 0 Å². The average Bonchev–Trinajstić information content (AvgIpc) is 2.76. The van der Waals surface area contributed by atoms with Gasteiger partial charge in [-0.05, 0) is 30.5 Å². The summed E-state index contributed by atoms with van der Waals surface area (Å²) in [5.41, 5.74) is 2.55. The predicted molar refractivity (Wildman–Crippen MR) is 112 cm³/mol. The first-order valence-electron chi connectivity index (χ1n) is 9.83. The second-order valence-electron chi connectivity index (χ2n) is 7.48. The maximum Gasteiger partial charge on any atom is 0.325 e. The number of aromatic amines is 2. The number of ketones is 1. The number of Topliss-reactive ketones (excluding diaryl/α,β-unsaturated/α-hetero) is 1. The van der Waals surface area contributed by atoms with Crippen molar-refractivity contribution >= 4 is 5.78 Å². The van der Waals surface area contributed by atoms with Gasteiger partial charge < -0.3 is 4.98 Å². The first-order chi connectivity index (χ1) is 14.1. The lowest BCUT2D eigenvalue weighted by molar-refractivity contribution is 0.0811. The maximum atomic E-state index is 13.0. The Morgan fingerprint density at radius 3 is 2.45 bits per heavy atom. The number of carbonyl (C=O) groups excluding carboxylic acids is 1. The summed E-state index contributed by atoms with van der Waals surface area (Å²) in [6.07, 6.45) is 3.20. The molecule has 4 rings (SSSR count). The number of H-pyrrole nitrogens is 2. The predicted octanol–water partition coefficient (Wildman–Crippen LogP) is 2.83. The van der Waals surface area contributed by atoms with Crippen LogP contribution in [0, 0.1) is 5.92 Å². The van der Waals surface area contributed by atoms with Crippen molar-refractivity contribution in [3.8, 4) is 11.1 Å². The summed E-state index contributed by atoms with van der Waals surface area (Å²) in [5.74, 6) is 0.0536. The smallest absolute Gasteiger partial charge is 0.314 e. The molecule has 0 bridgehead atoms. The monoisotopic (exact) mass is 389 g/mol. The summed E-state index contributed by atoms with van der Waals surface area (Å²) in [5, 5.41) is 0. The van der Waals surface area contributed by atoms with E-state index in [0.29, 0.717) is 18.7 Å². The summed E-state index contributed by atoms with van der Waals surface area (Å²) in [6.45, 7) is 1.86. The highest BCUT2D eigenvalue weighted by atomic mass is 16.2. The van der Waals surface area contributed by atoms with Crippen LogP contribution in [-0.4, -0.2) is 33.7 Å². The highest BCUT2D eigenvalue weighted by Gasteiger charge is 2.27. The topological polar surface area (TPSA) is 86.0 Å². The van der Waals surface area contributed by atoms with Gasteiger partial charge in [-0.1, -0.05) is 54.6 Å². The molecule has 2 heterocycles. The van der Waals surface area contributed by atoms with Gasteiger partial charge in [-0.15, -0.1) is 0 Å². The fraction of sp³-hybridized carbons (Fsp3) is 0.261. The number of nitrogens with one attached hydrogen (secondary N) is 2. The zero-order valence-electron chi connectivity index (χ0n) is 16.1. The summed E-state index contributed by atoms with van der Waals surface area (Å²) in [6, 6.07) is 17.9. The zero-order valence-corrected chi connectivity index (χ0v) is 16.1. The van der Waals surface area contributed by atoms with Crippen LogP contribution < -0.4 is 11.2 Å². The van der Waals surface area contributed by atoms with Crippen LogP contribution in [0.15, 0.2) is 70.4 Å². The molecule has 3 aromatic rings. The largest absolute Gasteiger partial charge is 0.325 e. The number of benzene rings is 2. The van der Waals surface area contributed by atoms with Crippen LogP contribution in [0.2, 0.25) is 0 Å². The van der Waals surface area contributed by atoms with Crippen molar-refractivity contribution in [1.29, 1.82) is 0 Å². The maximum absolute atomic E-state index is 13.0. The van der Waals surface area contributed by atoms with E-state index in [9.17, 15) is 14.4 Å². The lowest BCUT2D eigenvalue weighted by Crippen LogP contribution is -2.40. The van der Waals surface area contributed by atoms with Crippen molar-refractivity contribution in [3.63, 3.8) is 0 Å². The first-order valence-corrected chi connectivity index (χ1v) is 9.83. The molecular weight excluding hydrogens is 366 g/mol. The minimum absolute atomic E-state index is 0.0897. The molecule has 29 heavy (non-hydrogen) atoms. The van der Waals surface area contributed by atoms with Gasteiger partial charge in [0.25, 0.3) is 5.56 Å². The Kier molecular flexibility index (Phi) is 5.53. The molecule has 0 spiro atoms. The molecule has 1 aliphatic rings. The Labute approximate surface area is 168 Å². The van der Waals surface area contributed by atoms with Gasteiger partial charge in [-0.3, -0.25) is 19.5 Å². The Morgan fingerprint density at radius 2 is 1.72 bits per heavy atom. The third-order valence-electron chi connectivity index (χ3n) is 5.44. The molecule has 0 radical (unpaired) electrons. The number of nitrogens with zero attached hydrogens (tertiary/aromatic N) is 1. The van der Waals surface area contributed by atoms with E-state index in [-0.39, 0.29) is 17.3 Å². The van der Waals surface area contributed by atoms with Crippen LogP contribution in [0.3, 0.4) is 0 Å². The van der Waals surface area contributed by atoms with Gasteiger partial charge in [0.2, 0.25) is 0 Å². The highest BCUT2D eigenvalue weighted by molar-refractivity contribution is 5.98. The first kappa shape index (κ1) is 19.1. The second-order valence-corrected chi connectivity index (χ2v) is 7.48. The number of rotatable bonds is 5. The van der Waals surface area contributed by atoms with Gasteiger partial charge >= 0.3 is 5.69 Å². The minimum Gasteiger partial charge on any atom is -0.314 e. The van der Waals surface area contributed by atoms with E-state index in [2.05, 4.69) is 14.9 Å². The van der Waals surface area contributed by atoms with Gasteiger partial charge in [-0.2, -0.15) is 0 Å². The highest BCUT2D eigenvalue weighted by Crippen LogP contribution is 2.24. The molecule has 6 nitrogen and oxygen atoms in total. The minimum atomic E-state index is -0.510. The number of piperidine rings is 1. The molecule has 2 N–H and O–H groups in total. The molecule has 6 heteroatoms. The molecule has 1 aliphatic heterocycles. The third-order valence-corrected chi connectivity index (χ3v) is 5.44. The molecule has 0 amide bonds. The van der Waals surface area contributed by atoms with Gasteiger partial charge in [0, 0.05) is 36.3 Å². The second kappa shape index (κ2) is 8.41. The molecule has 0 saturated carbocycles. The number of carbonyl (C=O) groups is 1. The molecular formula is C23H23N3O3. The SMILES string of the molecule is O=C(c1ccc(-c2ccccc2)cc1)[C@H]1CCCN(Cc2c[nH]c(=O)[nH]c2=O)C1. The van der Waals surface area contributed by atoms with Crippen molar-refractivity contribution in [1.82, 2.24) is 14.9 Å². The van der Waals surface area contributed by atoms with Crippen LogP contribution in [0.25, 0.3) is 11.1 Å². The quantitative estimate of drug-likeness (QED) is 0.657.